The Balaban J connectivity index is -0.0000000628. The lowest BCUT2D eigenvalue weighted by Crippen LogP contribution is -2.32. The number of amides is 1. The van der Waals surface area contributed by atoms with Crippen molar-refractivity contribution in [3.63, 3.8) is 0 Å². The number of hydrogen-bond acceptors (Lipinski definition) is 11. The molecule has 36 heavy (non-hydrogen) atoms. The zero-order valence-electron chi connectivity index (χ0n) is 21.7. The third-order valence-electron chi connectivity index (χ3n) is 2.64. The van der Waals surface area contributed by atoms with E-state index in [4.69, 9.17) is 28.9 Å². The molecule has 0 aliphatic carbocycles. The van der Waals surface area contributed by atoms with E-state index >= 15 is 0 Å². The lowest BCUT2D eigenvalue weighted by atomic mass is 10.5. The molecule has 0 aliphatic rings. The summed E-state index contributed by atoms with van der Waals surface area (Å²) in [5.74, 6) is -0.288. The molecule has 0 unspecified atom stereocenters. The number of hydrogen-bond donors (Lipinski definition) is 3. The summed E-state index contributed by atoms with van der Waals surface area (Å²) in [5, 5.41) is 5.02. The van der Waals surface area contributed by atoms with E-state index < -0.39 is 30.3 Å². The van der Waals surface area contributed by atoms with Crippen LogP contribution < -0.4 is 16.4 Å². The molecule has 0 aliphatic heterocycles. The highest BCUT2D eigenvalue weighted by atomic mass is 35.5. The lowest BCUT2D eigenvalue weighted by molar-refractivity contribution is -0.150. The average Bonchev–Trinajstić information content (AvgIpc) is 2.75. The molecule has 222 valence electrons. The van der Waals surface area contributed by atoms with Gasteiger partial charge in [-0.3, -0.25) is 9.59 Å². The maximum Gasteiger partial charge on any atom is 0.411 e. The Hall–Kier alpha value is -1.86. The molecule has 0 aromatic rings. The van der Waals surface area contributed by atoms with E-state index in [2.05, 4.69) is 55.3 Å². The van der Waals surface area contributed by atoms with Gasteiger partial charge in [-0.1, -0.05) is 49.5 Å². The Morgan fingerprint density at radius 3 is 1.36 bits per heavy atom. The summed E-state index contributed by atoms with van der Waals surface area (Å²) in [4.78, 5) is 42.9. The van der Waals surface area contributed by atoms with Crippen LogP contribution in [0.1, 0.15) is 63.3 Å². The van der Waals surface area contributed by atoms with Crippen molar-refractivity contribution in [2.24, 2.45) is 5.73 Å². The second-order valence-electron chi connectivity index (χ2n) is 5.32. The molecule has 0 fully saturated rings. The summed E-state index contributed by atoms with van der Waals surface area (Å²) in [6.45, 7) is 16.6. The Bertz CT molecular complexity index is 452. The van der Waals surface area contributed by atoms with E-state index in [0.29, 0.717) is 6.67 Å². The van der Waals surface area contributed by atoms with Crippen LogP contribution in [-0.4, -0.2) is 87.7 Å². The first-order chi connectivity index (χ1) is 16.0. The third kappa shape index (κ3) is 76.8. The van der Waals surface area contributed by atoms with Gasteiger partial charge in [0.25, 0.3) is 0 Å². The monoisotopic (exact) mass is 570 g/mol. The zero-order chi connectivity index (χ0) is 27.8. The number of alkyl carbamates (subject to hydrolysis) is 1. The van der Waals surface area contributed by atoms with Crippen molar-refractivity contribution in [1.82, 2.24) is 15.5 Å². The van der Waals surface area contributed by atoms with Gasteiger partial charge in [0.15, 0.2) is 0 Å². The van der Waals surface area contributed by atoms with Gasteiger partial charge >= 0.3 is 23.5 Å². The van der Waals surface area contributed by atoms with Crippen LogP contribution in [0.15, 0.2) is 0 Å². The summed E-state index contributed by atoms with van der Waals surface area (Å²) in [7, 11) is 1.67. The number of halogens is 2. The zero-order valence-corrected chi connectivity index (χ0v) is 23.2. The van der Waals surface area contributed by atoms with E-state index in [9.17, 15) is 19.2 Å². The molecule has 1 amide bonds. The van der Waals surface area contributed by atoms with Crippen LogP contribution in [0.25, 0.3) is 0 Å². The molecule has 0 saturated carbocycles. The number of carbonyl (C=O) groups is 4. The van der Waals surface area contributed by atoms with Crippen LogP contribution in [0.3, 0.4) is 0 Å². The SMILES string of the molecule is C.C.CC(=O)OCOC(=O)Cl.CCCl.CCN.CCN(CC)CC.CNCNC(=O)OCOC(C)=O. The molecule has 14 heteroatoms. The number of alkyl halides is 1. The standard InChI is InChI=1S/C6H12N2O4.C6H15N.C4H5ClO4.C2H5Cl.C2H7N.2CH4/c1-5(9)11-4-12-6(10)8-3-7-2;1-4-7(5-2)6-3;1-3(6)8-2-9-4(5)7;2*1-2-3;;/h7H,3-4H2,1-2H3,(H,8,10);4-6H2,1-3H3;2H2,1H3;2H2,1H3;2-3H2,1H3;2*1H4. The van der Waals surface area contributed by atoms with Crippen molar-refractivity contribution >= 4 is 46.7 Å². The van der Waals surface area contributed by atoms with Crippen LogP contribution in [-0.2, 0) is 28.5 Å². The van der Waals surface area contributed by atoms with Gasteiger partial charge in [-0.05, 0) is 33.2 Å². The fourth-order valence-corrected chi connectivity index (χ4v) is 1.25. The number of nitrogens with one attached hydrogen (secondary N) is 2. The van der Waals surface area contributed by atoms with Crippen LogP contribution in [0.2, 0.25) is 0 Å². The minimum atomic E-state index is -0.990. The lowest BCUT2D eigenvalue weighted by Gasteiger charge is -2.13. The maximum atomic E-state index is 10.6. The van der Waals surface area contributed by atoms with E-state index in [-0.39, 0.29) is 21.6 Å². The second-order valence-corrected chi connectivity index (χ2v) is 6.17. The molecule has 0 rings (SSSR count). The van der Waals surface area contributed by atoms with Gasteiger partial charge in [0.2, 0.25) is 13.6 Å². The molecular weight excluding hydrogens is 519 g/mol. The van der Waals surface area contributed by atoms with Gasteiger partial charge in [0.05, 0.1) is 6.67 Å². The summed E-state index contributed by atoms with van der Waals surface area (Å²) >= 11 is 9.71. The predicted octanol–water partition coefficient (Wildman–Crippen LogP) is 4.12. The summed E-state index contributed by atoms with van der Waals surface area (Å²) in [6, 6.07) is 0. The first-order valence-corrected chi connectivity index (χ1v) is 11.5. The predicted molar refractivity (Wildman–Crippen MR) is 147 cm³/mol. The number of ether oxygens (including phenoxy) is 4. The van der Waals surface area contributed by atoms with Gasteiger partial charge in [-0.2, -0.15) is 0 Å². The van der Waals surface area contributed by atoms with Crippen LogP contribution >= 0.6 is 23.2 Å². The topological polar surface area (TPSA) is 159 Å². The highest BCUT2D eigenvalue weighted by Crippen LogP contribution is 1.86. The average molecular weight is 572 g/mol. The summed E-state index contributed by atoms with van der Waals surface area (Å²) in [6.07, 6.45) is -0.634. The van der Waals surface area contributed by atoms with Crippen LogP contribution in [0, 0.1) is 0 Å². The van der Waals surface area contributed by atoms with E-state index in [1.165, 1.54) is 33.5 Å². The Morgan fingerprint density at radius 1 is 0.806 bits per heavy atom. The highest BCUT2D eigenvalue weighted by molar-refractivity contribution is 6.61. The number of rotatable bonds is 9. The van der Waals surface area contributed by atoms with Crippen molar-refractivity contribution in [2.75, 3.05) is 59.4 Å². The van der Waals surface area contributed by atoms with Crippen molar-refractivity contribution in [3.8, 4) is 0 Å². The van der Waals surface area contributed by atoms with Crippen molar-refractivity contribution < 1.29 is 38.1 Å². The Labute approximate surface area is 228 Å². The molecule has 0 radical (unpaired) electrons. The van der Waals surface area contributed by atoms with Crippen molar-refractivity contribution in [2.45, 2.75) is 63.3 Å². The molecule has 0 heterocycles. The number of esters is 2. The molecule has 12 nitrogen and oxygen atoms in total. The minimum absolute atomic E-state index is 0. The van der Waals surface area contributed by atoms with E-state index in [0.717, 1.165) is 12.4 Å². The molecule has 0 aromatic carbocycles. The molecule has 0 saturated heterocycles. The normalized spacial score (nSPS) is 8.00. The van der Waals surface area contributed by atoms with Crippen LogP contribution in [0.5, 0.6) is 0 Å². The number of carbonyl (C=O) groups excluding carboxylic acids is 4. The molecule has 0 spiro atoms. The van der Waals surface area contributed by atoms with Gasteiger partial charge in [0, 0.05) is 31.3 Å². The van der Waals surface area contributed by atoms with Crippen molar-refractivity contribution in [3.05, 3.63) is 0 Å². The maximum absolute atomic E-state index is 10.6. The minimum Gasteiger partial charge on any atom is -0.428 e. The Morgan fingerprint density at radius 2 is 1.14 bits per heavy atom. The number of nitrogens with zero attached hydrogens (tertiary/aromatic N) is 1. The molecule has 0 atom stereocenters. The van der Waals surface area contributed by atoms with Crippen molar-refractivity contribution in [1.29, 1.82) is 0 Å². The molecule has 0 aromatic heterocycles. The molecule has 0 bridgehead atoms. The second kappa shape index (κ2) is 46.5. The quantitative estimate of drug-likeness (QED) is 0.158. The largest absolute Gasteiger partial charge is 0.428 e. The van der Waals surface area contributed by atoms with Gasteiger partial charge in [0.1, 0.15) is 0 Å². The highest BCUT2D eigenvalue weighted by Gasteiger charge is 2.00. The Kier molecular flexibility index (Phi) is 65.7. The fourth-order valence-electron chi connectivity index (χ4n) is 1.21. The van der Waals surface area contributed by atoms with Gasteiger partial charge in [-0.25, -0.2) is 9.59 Å². The number of nitrogens with two attached hydrogens (primary N) is 1. The molecular formula is C22H52Cl2N4O8. The third-order valence-corrected chi connectivity index (χ3v) is 2.75. The van der Waals surface area contributed by atoms with Gasteiger partial charge < -0.3 is 40.2 Å². The van der Waals surface area contributed by atoms with E-state index in [1.54, 1.807) is 7.05 Å². The smallest absolute Gasteiger partial charge is 0.411 e. The first kappa shape index (κ1) is 50.9. The first-order valence-electron chi connectivity index (χ1n) is 10.6. The molecule has 4 N–H and O–H groups in total. The van der Waals surface area contributed by atoms with Crippen LogP contribution in [0.4, 0.5) is 9.59 Å². The fraction of sp³-hybridized carbons (Fsp3) is 0.818. The van der Waals surface area contributed by atoms with E-state index in [1.807, 2.05) is 13.8 Å². The summed E-state index contributed by atoms with van der Waals surface area (Å²) < 4.78 is 17.0. The summed E-state index contributed by atoms with van der Waals surface area (Å²) in [5.41, 5.74) is 3.86. The van der Waals surface area contributed by atoms with Gasteiger partial charge in [-0.15, -0.1) is 11.6 Å².